The third-order valence-corrected chi connectivity index (χ3v) is 3.12. The van der Waals surface area contributed by atoms with Crippen molar-refractivity contribution >= 4 is 22.3 Å². The fourth-order valence-corrected chi connectivity index (χ4v) is 2.29. The maximum atomic E-state index is 11.5. The van der Waals surface area contributed by atoms with Gasteiger partial charge >= 0.3 is 22.3 Å². The summed E-state index contributed by atoms with van der Waals surface area (Å²) in [6.45, 7) is 4.61. The lowest BCUT2D eigenvalue weighted by Gasteiger charge is -2.24. The summed E-state index contributed by atoms with van der Waals surface area (Å²) in [5.41, 5.74) is -0.989. The van der Waals surface area contributed by atoms with Crippen molar-refractivity contribution < 1.29 is 27.9 Å². The van der Waals surface area contributed by atoms with Gasteiger partial charge in [-0.15, -0.1) is 0 Å². The standard InChI is InChI=1S/C9H18N2O6S/c1-4-17-8(14)10-18(15,16)11-9(2,3)6-5-7(12)13/h11H,4-6H2,1-3H3,(H,10,14)(H,12,13). The summed E-state index contributed by atoms with van der Waals surface area (Å²) in [5, 5.41) is 8.52. The van der Waals surface area contributed by atoms with E-state index in [0.29, 0.717) is 0 Å². The van der Waals surface area contributed by atoms with Crippen LogP contribution in [0, 0.1) is 0 Å². The van der Waals surface area contributed by atoms with E-state index in [1.807, 2.05) is 0 Å². The molecule has 0 aliphatic rings. The highest BCUT2D eigenvalue weighted by molar-refractivity contribution is 7.88. The third-order valence-electron chi connectivity index (χ3n) is 1.87. The van der Waals surface area contributed by atoms with E-state index in [1.54, 1.807) is 4.72 Å². The Morgan fingerprint density at radius 2 is 1.89 bits per heavy atom. The van der Waals surface area contributed by atoms with Gasteiger partial charge in [0.1, 0.15) is 0 Å². The number of amides is 1. The predicted molar refractivity (Wildman–Crippen MR) is 63.2 cm³/mol. The van der Waals surface area contributed by atoms with Crippen molar-refractivity contribution in [3.63, 3.8) is 0 Å². The number of carboxylic acid groups (broad SMARTS) is 1. The van der Waals surface area contributed by atoms with Crippen molar-refractivity contribution in [2.75, 3.05) is 6.61 Å². The van der Waals surface area contributed by atoms with Crippen LogP contribution in [0.1, 0.15) is 33.6 Å². The Hall–Kier alpha value is -1.35. The minimum atomic E-state index is -4.08. The predicted octanol–water partition coefficient (Wildman–Crippen LogP) is 0.210. The molecule has 0 aliphatic heterocycles. The average Bonchev–Trinajstić information content (AvgIpc) is 2.12. The fourth-order valence-electron chi connectivity index (χ4n) is 1.13. The van der Waals surface area contributed by atoms with Crippen LogP contribution in [-0.2, 0) is 19.7 Å². The van der Waals surface area contributed by atoms with Crippen LogP contribution in [0.3, 0.4) is 0 Å². The van der Waals surface area contributed by atoms with Gasteiger partial charge in [0.25, 0.3) is 0 Å². The lowest BCUT2D eigenvalue weighted by Crippen LogP contribution is -2.50. The van der Waals surface area contributed by atoms with Crippen LogP contribution in [0.4, 0.5) is 4.79 Å². The molecule has 0 aromatic rings. The van der Waals surface area contributed by atoms with E-state index < -0.39 is 27.8 Å². The SMILES string of the molecule is CCOC(=O)NS(=O)(=O)NC(C)(C)CCC(=O)O. The van der Waals surface area contributed by atoms with Crippen LogP contribution < -0.4 is 9.44 Å². The largest absolute Gasteiger partial charge is 0.481 e. The molecule has 9 heteroatoms. The van der Waals surface area contributed by atoms with E-state index in [4.69, 9.17) is 5.11 Å². The van der Waals surface area contributed by atoms with Gasteiger partial charge in [0.2, 0.25) is 0 Å². The van der Waals surface area contributed by atoms with Gasteiger partial charge in [0.05, 0.1) is 6.61 Å². The first-order valence-electron chi connectivity index (χ1n) is 5.28. The van der Waals surface area contributed by atoms with Gasteiger partial charge in [-0.05, 0) is 27.2 Å². The van der Waals surface area contributed by atoms with Crippen LogP contribution in [0.2, 0.25) is 0 Å². The zero-order valence-electron chi connectivity index (χ0n) is 10.5. The molecule has 0 aromatic heterocycles. The summed E-state index contributed by atoms with van der Waals surface area (Å²) < 4.78 is 31.3. The molecular weight excluding hydrogens is 264 g/mol. The molecule has 0 fully saturated rings. The van der Waals surface area contributed by atoms with Gasteiger partial charge in [-0.3, -0.25) is 4.79 Å². The summed E-state index contributed by atoms with van der Waals surface area (Å²) in [7, 11) is -4.08. The number of ether oxygens (including phenoxy) is 1. The van der Waals surface area contributed by atoms with Crippen molar-refractivity contribution in [1.82, 2.24) is 9.44 Å². The molecule has 1 amide bonds. The van der Waals surface area contributed by atoms with Gasteiger partial charge in [0, 0.05) is 12.0 Å². The van der Waals surface area contributed by atoms with Crippen molar-refractivity contribution in [3.8, 4) is 0 Å². The molecule has 0 aliphatic carbocycles. The first kappa shape index (κ1) is 16.6. The molecule has 8 nitrogen and oxygen atoms in total. The number of rotatable bonds is 7. The Labute approximate surface area is 106 Å². The molecule has 3 N–H and O–H groups in total. The summed E-state index contributed by atoms with van der Waals surface area (Å²) in [4.78, 5) is 21.4. The molecule has 0 saturated heterocycles. The number of aliphatic carboxylic acids is 1. The monoisotopic (exact) mass is 282 g/mol. The molecule has 0 bridgehead atoms. The second kappa shape index (κ2) is 6.55. The zero-order valence-corrected chi connectivity index (χ0v) is 11.3. The highest BCUT2D eigenvalue weighted by Crippen LogP contribution is 2.12. The van der Waals surface area contributed by atoms with Crippen molar-refractivity contribution in [1.29, 1.82) is 0 Å². The first-order valence-corrected chi connectivity index (χ1v) is 6.76. The fraction of sp³-hybridized carbons (Fsp3) is 0.778. The van der Waals surface area contributed by atoms with Crippen LogP contribution >= 0.6 is 0 Å². The van der Waals surface area contributed by atoms with Gasteiger partial charge in [-0.25, -0.2) is 9.52 Å². The lowest BCUT2D eigenvalue weighted by atomic mass is 10.0. The van der Waals surface area contributed by atoms with Crippen molar-refractivity contribution in [2.45, 2.75) is 39.2 Å². The molecule has 0 saturated carbocycles. The summed E-state index contributed by atoms with van der Waals surface area (Å²) in [5.74, 6) is -1.03. The second-order valence-corrected chi connectivity index (χ2v) is 5.62. The highest BCUT2D eigenvalue weighted by atomic mass is 32.2. The van der Waals surface area contributed by atoms with Gasteiger partial charge < -0.3 is 9.84 Å². The average molecular weight is 282 g/mol. The van der Waals surface area contributed by atoms with Gasteiger partial charge in [-0.2, -0.15) is 13.1 Å². The van der Waals surface area contributed by atoms with Crippen LogP contribution in [0.5, 0.6) is 0 Å². The van der Waals surface area contributed by atoms with Crippen LogP contribution in [0.15, 0.2) is 0 Å². The highest BCUT2D eigenvalue weighted by Gasteiger charge is 2.26. The number of hydrogen-bond donors (Lipinski definition) is 3. The Bertz CT molecular complexity index is 403. The molecule has 0 radical (unpaired) electrons. The maximum Gasteiger partial charge on any atom is 0.421 e. The molecule has 0 aromatic carbocycles. The van der Waals surface area contributed by atoms with E-state index in [1.165, 1.54) is 20.8 Å². The quantitative estimate of drug-likeness (QED) is 0.613. The summed E-state index contributed by atoms with van der Waals surface area (Å²) in [6, 6.07) is 0. The summed E-state index contributed by atoms with van der Waals surface area (Å²) >= 11 is 0. The lowest BCUT2D eigenvalue weighted by molar-refractivity contribution is -0.137. The Balaban J connectivity index is 4.46. The maximum absolute atomic E-state index is 11.5. The van der Waals surface area contributed by atoms with Crippen LogP contribution in [0.25, 0.3) is 0 Å². The minimum absolute atomic E-state index is 0.0454. The van der Waals surface area contributed by atoms with Crippen molar-refractivity contribution in [2.24, 2.45) is 0 Å². The second-order valence-electron chi connectivity index (χ2n) is 4.21. The van der Waals surface area contributed by atoms with E-state index in [0.717, 1.165) is 0 Å². The molecular formula is C9H18N2O6S. The Morgan fingerprint density at radius 3 is 2.33 bits per heavy atom. The Morgan fingerprint density at radius 1 is 1.33 bits per heavy atom. The van der Waals surface area contributed by atoms with Crippen molar-refractivity contribution in [3.05, 3.63) is 0 Å². The Kier molecular flexibility index (Phi) is 6.06. The van der Waals surface area contributed by atoms with Gasteiger partial charge in [0.15, 0.2) is 0 Å². The molecule has 0 heterocycles. The molecule has 18 heavy (non-hydrogen) atoms. The molecule has 0 rings (SSSR count). The first-order chi connectivity index (χ1) is 8.08. The number of nitrogens with one attached hydrogen (secondary N) is 2. The number of carboxylic acids is 1. The minimum Gasteiger partial charge on any atom is -0.481 e. The smallest absolute Gasteiger partial charge is 0.421 e. The van der Waals surface area contributed by atoms with Crippen LogP contribution in [-0.4, -0.2) is 37.7 Å². The zero-order chi connectivity index (χ0) is 14.4. The molecule has 0 spiro atoms. The van der Waals surface area contributed by atoms with Gasteiger partial charge in [-0.1, -0.05) is 0 Å². The van der Waals surface area contributed by atoms with E-state index >= 15 is 0 Å². The number of carbonyl (C=O) groups is 2. The molecule has 0 atom stereocenters. The summed E-state index contributed by atoms with van der Waals surface area (Å²) in [6.07, 6.45) is -1.18. The third kappa shape index (κ3) is 7.85. The number of hydrogen-bond acceptors (Lipinski definition) is 5. The van der Waals surface area contributed by atoms with E-state index in [-0.39, 0.29) is 19.4 Å². The molecule has 0 unspecified atom stereocenters. The molecule has 106 valence electrons. The number of carbonyl (C=O) groups excluding carboxylic acids is 1. The van der Waals surface area contributed by atoms with E-state index in [2.05, 4.69) is 9.46 Å². The normalized spacial score (nSPS) is 11.9. The van der Waals surface area contributed by atoms with E-state index in [9.17, 15) is 18.0 Å². The topological polar surface area (TPSA) is 122 Å².